The Hall–Kier alpha value is -2.00. The van der Waals surface area contributed by atoms with Gasteiger partial charge in [-0.2, -0.15) is 4.31 Å². The predicted octanol–water partition coefficient (Wildman–Crippen LogP) is 0.0345. The molecule has 0 aliphatic carbocycles. The Kier molecular flexibility index (Phi) is 4.24. The van der Waals surface area contributed by atoms with Crippen molar-refractivity contribution in [3.63, 3.8) is 0 Å². The number of hydrogen-bond acceptors (Lipinski definition) is 4. The molecule has 0 saturated carbocycles. The molecule has 1 saturated heterocycles. The van der Waals surface area contributed by atoms with E-state index in [1.165, 1.54) is 0 Å². The summed E-state index contributed by atoms with van der Waals surface area (Å²) in [7, 11) is -4.26. The van der Waals surface area contributed by atoms with Gasteiger partial charge in [-0.25, -0.2) is 17.6 Å². The van der Waals surface area contributed by atoms with Crippen molar-refractivity contribution in [2.24, 2.45) is 0 Å². The van der Waals surface area contributed by atoms with Crippen molar-refractivity contribution in [1.29, 1.82) is 0 Å². The number of carboxylic acid groups (broad SMARTS) is 1. The highest BCUT2D eigenvalue weighted by Crippen LogP contribution is 2.22. The van der Waals surface area contributed by atoms with Crippen LogP contribution in [-0.4, -0.2) is 49.3 Å². The van der Waals surface area contributed by atoms with Gasteiger partial charge >= 0.3 is 5.97 Å². The maximum absolute atomic E-state index is 13.3. The van der Waals surface area contributed by atoms with Gasteiger partial charge in [0.25, 0.3) is 0 Å². The van der Waals surface area contributed by atoms with Gasteiger partial charge in [0.2, 0.25) is 15.9 Å². The van der Waals surface area contributed by atoms with E-state index in [2.05, 4.69) is 5.32 Å². The maximum atomic E-state index is 13.3. The van der Waals surface area contributed by atoms with Crippen LogP contribution in [0.5, 0.6) is 0 Å². The summed E-state index contributed by atoms with van der Waals surface area (Å²) < 4.78 is 39.1. The molecule has 0 atom stereocenters. The molecule has 1 aliphatic rings. The van der Waals surface area contributed by atoms with Crippen LogP contribution in [-0.2, 0) is 14.8 Å². The molecular weight excluding hydrogens is 303 g/mol. The molecule has 0 unspecified atom stereocenters. The summed E-state index contributed by atoms with van der Waals surface area (Å²) in [6.45, 7) is -0.0334. The lowest BCUT2D eigenvalue weighted by molar-refractivity contribution is -0.120. The largest absolute Gasteiger partial charge is 0.478 e. The number of sulfonamides is 1. The van der Waals surface area contributed by atoms with Gasteiger partial charge in [0, 0.05) is 13.1 Å². The van der Waals surface area contributed by atoms with Crippen LogP contribution >= 0.6 is 0 Å². The molecular formula is C12H13FN2O5S. The zero-order valence-corrected chi connectivity index (χ0v) is 11.7. The average Bonchev–Trinajstić information content (AvgIpc) is 2.63. The third-order valence-corrected chi connectivity index (χ3v) is 4.90. The van der Waals surface area contributed by atoms with Crippen molar-refractivity contribution >= 4 is 21.9 Å². The minimum atomic E-state index is -4.26. The molecule has 1 aromatic rings. The number of nitrogens with zero attached hydrogens (tertiary/aromatic N) is 1. The minimum Gasteiger partial charge on any atom is -0.478 e. The number of rotatable bonds is 3. The molecule has 1 heterocycles. The van der Waals surface area contributed by atoms with Crippen LogP contribution in [0.2, 0.25) is 0 Å². The molecule has 2 N–H and O–H groups in total. The maximum Gasteiger partial charge on any atom is 0.337 e. The van der Waals surface area contributed by atoms with E-state index in [-0.39, 0.29) is 6.54 Å². The standard InChI is InChI=1S/C12H13FN2O5S/c13-8-2-3-9(12(17)18)10(6-8)21(19,20)15-5-1-4-14-11(16)7-15/h2-3,6H,1,4-5,7H2,(H,14,16)(H,17,18). The highest BCUT2D eigenvalue weighted by atomic mass is 32.2. The highest BCUT2D eigenvalue weighted by Gasteiger charge is 2.31. The molecule has 0 bridgehead atoms. The monoisotopic (exact) mass is 316 g/mol. The van der Waals surface area contributed by atoms with E-state index < -0.39 is 44.7 Å². The molecule has 114 valence electrons. The topological polar surface area (TPSA) is 104 Å². The van der Waals surface area contributed by atoms with Gasteiger partial charge < -0.3 is 10.4 Å². The van der Waals surface area contributed by atoms with Crippen molar-refractivity contribution in [3.05, 3.63) is 29.6 Å². The molecule has 2 rings (SSSR count). The Morgan fingerprint density at radius 3 is 2.76 bits per heavy atom. The first kappa shape index (κ1) is 15.4. The van der Waals surface area contributed by atoms with E-state index in [4.69, 9.17) is 5.11 Å². The highest BCUT2D eigenvalue weighted by molar-refractivity contribution is 7.89. The van der Waals surface area contributed by atoms with E-state index in [9.17, 15) is 22.4 Å². The van der Waals surface area contributed by atoms with Crippen LogP contribution < -0.4 is 5.32 Å². The lowest BCUT2D eigenvalue weighted by atomic mass is 10.2. The second-order valence-electron chi connectivity index (χ2n) is 4.49. The lowest BCUT2D eigenvalue weighted by Gasteiger charge is -2.19. The smallest absolute Gasteiger partial charge is 0.337 e. The number of carboxylic acids is 1. The summed E-state index contributed by atoms with van der Waals surface area (Å²) >= 11 is 0. The van der Waals surface area contributed by atoms with Crippen molar-refractivity contribution < 1.29 is 27.5 Å². The van der Waals surface area contributed by atoms with Crippen LogP contribution in [0, 0.1) is 5.82 Å². The van der Waals surface area contributed by atoms with Gasteiger partial charge in [-0.15, -0.1) is 0 Å². The number of hydrogen-bond donors (Lipinski definition) is 2. The zero-order chi connectivity index (χ0) is 15.6. The number of nitrogens with one attached hydrogen (secondary N) is 1. The van der Waals surface area contributed by atoms with Gasteiger partial charge in [-0.3, -0.25) is 4.79 Å². The Bertz CT molecular complexity index is 689. The van der Waals surface area contributed by atoms with Crippen molar-refractivity contribution in [1.82, 2.24) is 9.62 Å². The lowest BCUT2D eigenvalue weighted by Crippen LogP contribution is -2.38. The minimum absolute atomic E-state index is 0.0522. The van der Waals surface area contributed by atoms with Gasteiger partial charge in [-0.05, 0) is 24.6 Å². The molecule has 1 aromatic carbocycles. The third-order valence-electron chi connectivity index (χ3n) is 3.02. The first-order valence-electron chi connectivity index (χ1n) is 6.12. The molecule has 7 nitrogen and oxygen atoms in total. The molecule has 1 amide bonds. The van der Waals surface area contributed by atoms with E-state index >= 15 is 0 Å². The van der Waals surface area contributed by atoms with Crippen LogP contribution in [0.25, 0.3) is 0 Å². The quantitative estimate of drug-likeness (QED) is 0.819. The Morgan fingerprint density at radius 2 is 2.10 bits per heavy atom. The van der Waals surface area contributed by atoms with Crippen molar-refractivity contribution in [3.8, 4) is 0 Å². The Morgan fingerprint density at radius 1 is 1.38 bits per heavy atom. The second kappa shape index (κ2) is 5.78. The van der Waals surface area contributed by atoms with E-state index in [0.29, 0.717) is 19.0 Å². The fourth-order valence-corrected chi connectivity index (χ4v) is 3.64. The summed E-state index contributed by atoms with van der Waals surface area (Å²) in [5.41, 5.74) is -0.527. The van der Waals surface area contributed by atoms with Crippen LogP contribution in [0.4, 0.5) is 4.39 Å². The second-order valence-corrected chi connectivity index (χ2v) is 6.39. The summed E-state index contributed by atoms with van der Waals surface area (Å²) in [6, 6.07) is 2.42. The number of benzene rings is 1. The fourth-order valence-electron chi connectivity index (χ4n) is 2.01. The van der Waals surface area contributed by atoms with E-state index in [1.54, 1.807) is 0 Å². The average molecular weight is 316 g/mol. The third kappa shape index (κ3) is 3.19. The molecule has 0 aromatic heterocycles. The summed E-state index contributed by atoms with van der Waals surface area (Å²) in [4.78, 5) is 21.9. The van der Waals surface area contributed by atoms with Crippen molar-refractivity contribution in [2.45, 2.75) is 11.3 Å². The molecule has 0 spiro atoms. The van der Waals surface area contributed by atoms with Crippen LogP contribution in [0.15, 0.2) is 23.1 Å². The summed E-state index contributed by atoms with van der Waals surface area (Å²) in [5, 5.41) is 11.6. The summed E-state index contributed by atoms with van der Waals surface area (Å²) in [5.74, 6) is -2.82. The normalized spacial score (nSPS) is 17.1. The van der Waals surface area contributed by atoms with Gasteiger partial charge in [0.15, 0.2) is 0 Å². The number of carbonyl (C=O) groups is 2. The Labute approximate surface area is 120 Å². The fraction of sp³-hybridized carbons (Fsp3) is 0.333. The molecule has 9 heteroatoms. The summed E-state index contributed by atoms with van der Waals surface area (Å²) in [6.07, 6.45) is 0.392. The number of halogens is 1. The van der Waals surface area contributed by atoms with Gasteiger partial charge in [0.05, 0.1) is 17.0 Å². The SMILES string of the molecule is O=C1CN(S(=O)(=O)c2cc(F)ccc2C(=O)O)CCCN1. The first-order valence-corrected chi connectivity index (χ1v) is 7.56. The molecule has 1 aliphatic heterocycles. The van der Waals surface area contributed by atoms with E-state index in [1.807, 2.05) is 0 Å². The van der Waals surface area contributed by atoms with Crippen LogP contribution in [0.1, 0.15) is 16.8 Å². The van der Waals surface area contributed by atoms with Gasteiger partial charge in [-0.1, -0.05) is 0 Å². The zero-order valence-electron chi connectivity index (χ0n) is 10.9. The number of aromatic carboxylic acids is 1. The van der Waals surface area contributed by atoms with Gasteiger partial charge in [0.1, 0.15) is 5.82 Å². The van der Waals surface area contributed by atoms with E-state index in [0.717, 1.165) is 16.4 Å². The first-order chi connectivity index (χ1) is 9.82. The Balaban J connectivity index is 2.50. The predicted molar refractivity (Wildman–Crippen MR) is 69.7 cm³/mol. The van der Waals surface area contributed by atoms with Crippen LogP contribution in [0.3, 0.4) is 0 Å². The molecule has 0 radical (unpaired) electrons. The number of amides is 1. The molecule has 21 heavy (non-hydrogen) atoms. The van der Waals surface area contributed by atoms with Crippen molar-refractivity contribution in [2.75, 3.05) is 19.6 Å². The number of carbonyl (C=O) groups excluding carboxylic acids is 1. The molecule has 1 fully saturated rings.